The van der Waals surface area contributed by atoms with Gasteiger partial charge in [0.15, 0.2) is 22.5 Å². The zero-order valence-electron chi connectivity index (χ0n) is 20.2. The summed E-state index contributed by atoms with van der Waals surface area (Å²) < 4.78 is 23.9. The maximum Gasteiger partial charge on any atom is 0.251 e. The van der Waals surface area contributed by atoms with Crippen LogP contribution < -0.4 is 19.5 Å². The summed E-state index contributed by atoms with van der Waals surface area (Å²) >= 11 is 1.63. The average molecular weight is 499 g/mol. The van der Waals surface area contributed by atoms with E-state index in [1.165, 1.54) is 21.3 Å². The average Bonchev–Trinajstić information content (AvgIpc) is 3.55. The minimum atomic E-state index is -0.285. The van der Waals surface area contributed by atoms with Gasteiger partial charge in [0.05, 0.1) is 40.5 Å². The lowest BCUT2D eigenvalue weighted by molar-refractivity contribution is 0.0948. The molecule has 10 heteroatoms. The molecule has 0 aliphatic carbocycles. The van der Waals surface area contributed by atoms with Crippen LogP contribution >= 0.6 is 11.8 Å². The molecule has 1 aromatic heterocycles. The van der Waals surface area contributed by atoms with Crippen molar-refractivity contribution in [2.45, 2.75) is 37.2 Å². The van der Waals surface area contributed by atoms with E-state index in [1.807, 2.05) is 22.8 Å². The second-order valence-corrected chi connectivity index (χ2v) is 9.00. The molecule has 1 aliphatic heterocycles. The Hall–Kier alpha value is -3.24. The van der Waals surface area contributed by atoms with Crippen LogP contribution in [0.25, 0.3) is 0 Å². The second kappa shape index (κ2) is 11.9. The van der Waals surface area contributed by atoms with Gasteiger partial charge in [-0.2, -0.15) is 0 Å². The number of thioether (sulfide) groups is 1. The number of hydrogen-bond donors (Lipinski definition) is 1. The van der Waals surface area contributed by atoms with Crippen molar-refractivity contribution < 1.29 is 23.7 Å². The zero-order chi connectivity index (χ0) is 24.6. The van der Waals surface area contributed by atoms with Gasteiger partial charge in [-0.25, -0.2) is 0 Å². The predicted octanol–water partition coefficient (Wildman–Crippen LogP) is 3.55. The summed E-state index contributed by atoms with van der Waals surface area (Å²) in [4.78, 5) is 13.0. The lowest BCUT2D eigenvalue weighted by Crippen LogP contribution is -2.25. The van der Waals surface area contributed by atoms with E-state index in [-0.39, 0.29) is 18.6 Å². The molecule has 1 fully saturated rings. The number of rotatable bonds is 11. The van der Waals surface area contributed by atoms with Gasteiger partial charge in [0.1, 0.15) is 0 Å². The van der Waals surface area contributed by atoms with Crippen LogP contribution in [0.2, 0.25) is 0 Å². The van der Waals surface area contributed by atoms with Gasteiger partial charge < -0.3 is 28.8 Å². The molecule has 0 bridgehead atoms. The first-order valence-corrected chi connectivity index (χ1v) is 12.4. The fourth-order valence-electron chi connectivity index (χ4n) is 3.90. The molecule has 0 saturated carbocycles. The Morgan fingerprint density at radius 2 is 1.86 bits per heavy atom. The molecule has 35 heavy (non-hydrogen) atoms. The van der Waals surface area contributed by atoms with Gasteiger partial charge in [-0.15, -0.1) is 10.2 Å². The minimum absolute atomic E-state index is 0.218. The fourth-order valence-corrected chi connectivity index (χ4v) is 4.92. The van der Waals surface area contributed by atoms with E-state index in [0.29, 0.717) is 35.2 Å². The van der Waals surface area contributed by atoms with E-state index in [1.54, 1.807) is 23.9 Å². The molecule has 1 N–H and O–H groups in total. The maximum atomic E-state index is 13.0. The van der Waals surface area contributed by atoms with Crippen molar-refractivity contribution in [3.8, 4) is 17.2 Å². The number of amides is 1. The number of carbonyl (C=O) groups excluding carboxylic acids is 1. The molecule has 9 nitrogen and oxygen atoms in total. The van der Waals surface area contributed by atoms with Gasteiger partial charge in [0, 0.05) is 17.9 Å². The van der Waals surface area contributed by atoms with Crippen molar-refractivity contribution in [3.05, 3.63) is 59.4 Å². The quantitative estimate of drug-likeness (QED) is 0.401. The Bertz CT molecular complexity index is 1110. The monoisotopic (exact) mass is 498 g/mol. The van der Waals surface area contributed by atoms with Crippen molar-refractivity contribution in [1.29, 1.82) is 0 Å². The predicted molar refractivity (Wildman–Crippen MR) is 133 cm³/mol. The lowest BCUT2D eigenvalue weighted by atomic mass is 10.1. The molecule has 2 heterocycles. The van der Waals surface area contributed by atoms with E-state index in [4.69, 9.17) is 18.9 Å². The van der Waals surface area contributed by atoms with Crippen LogP contribution in [0.15, 0.2) is 47.6 Å². The molecule has 4 rings (SSSR count). The Kier molecular flexibility index (Phi) is 8.49. The largest absolute Gasteiger partial charge is 0.493 e. The summed E-state index contributed by atoms with van der Waals surface area (Å²) in [6.45, 7) is 1.65. The number of aromatic nitrogens is 3. The molecular weight excluding hydrogens is 468 g/mol. The number of benzene rings is 2. The van der Waals surface area contributed by atoms with Gasteiger partial charge in [-0.3, -0.25) is 4.79 Å². The van der Waals surface area contributed by atoms with Crippen LogP contribution in [0.4, 0.5) is 0 Å². The molecule has 1 saturated heterocycles. The summed E-state index contributed by atoms with van der Waals surface area (Å²) in [5, 5.41) is 12.5. The molecular formula is C25H30N4O5S. The van der Waals surface area contributed by atoms with E-state index in [0.717, 1.165) is 35.9 Å². The van der Waals surface area contributed by atoms with Crippen LogP contribution in [0.5, 0.6) is 17.2 Å². The minimum Gasteiger partial charge on any atom is -0.493 e. The zero-order valence-corrected chi connectivity index (χ0v) is 21.0. The molecule has 2 aromatic carbocycles. The second-order valence-electron chi connectivity index (χ2n) is 8.01. The Morgan fingerprint density at radius 1 is 1.11 bits per heavy atom. The Morgan fingerprint density at radius 3 is 2.49 bits per heavy atom. The van der Waals surface area contributed by atoms with Crippen molar-refractivity contribution >= 4 is 17.7 Å². The topological polar surface area (TPSA) is 96.7 Å². The first-order chi connectivity index (χ1) is 17.1. The molecule has 0 radical (unpaired) electrons. The SMILES string of the molecule is COc1cc(C(=O)NCc2nnc(SC[C@H]3CCCO3)n2Cc2ccccc2)cc(OC)c1OC. The Balaban J connectivity index is 1.51. The lowest BCUT2D eigenvalue weighted by Gasteiger charge is -2.14. The third-order valence-corrected chi connectivity index (χ3v) is 6.83. The van der Waals surface area contributed by atoms with Gasteiger partial charge in [-0.1, -0.05) is 42.1 Å². The highest BCUT2D eigenvalue weighted by atomic mass is 32.2. The normalized spacial score (nSPS) is 15.1. The smallest absolute Gasteiger partial charge is 0.251 e. The number of ether oxygens (including phenoxy) is 4. The fraction of sp³-hybridized carbons (Fsp3) is 0.400. The summed E-state index contributed by atoms with van der Waals surface area (Å²) in [6, 6.07) is 13.4. The maximum absolute atomic E-state index is 13.0. The highest BCUT2D eigenvalue weighted by molar-refractivity contribution is 7.99. The van der Waals surface area contributed by atoms with Crippen LogP contribution in [0.1, 0.15) is 34.6 Å². The van der Waals surface area contributed by atoms with Crippen molar-refractivity contribution in [1.82, 2.24) is 20.1 Å². The molecule has 1 amide bonds. The van der Waals surface area contributed by atoms with E-state index < -0.39 is 0 Å². The van der Waals surface area contributed by atoms with E-state index in [9.17, 15) is 4.79 Å². The van der Waals surface area contributed by atoms with Crippen LogP contribution in [0, 0.1) is 0 Å². The number of hydrogen-bond acceptors (Lipinski definition) is 8. The first kappa shape index (κ1) is 24.9. The van der Waals surface area contributed by atoms with Crippen LogP contribution in [-0.2, 0) is 17.8 Å². The molecule has 1 aliphatic rings. The standard InChI is InChI=1S/C25H30N4O5S/c1-31-20-12-18(13-21(32-2)23(20)33-3)24(30)26-14-22-27-28-25(35-16-19-10-7-11-34-19)29(22)15-17-8-5-4-6-9-17/h4-6,8-9,12-13,19H,7,10-11,14-16H2,1-3H3,(H,26,30)/t19-/m1/s1. The Labute approximate surface area is 209 Å². The number of methoxy groups -OCH3 is 3. The van der Waals surface area contributed by atoms with Crippen molar-refractivity contribution in [2.24, 2.45) is 0 Å². The molecule has 186 valence electrons. The number of carbonyl (C=O) groups is 1. The highest BCUT2D eigenvalue weighted by Crippen LogP contribution is 2.38. The first-order valence-electron chi connectivity index (χ1n) is 11.4. The molecule has 3 aromatic rings. The molecule has 0 spiro atoms. The number of nitrogens with zero attached hydrogens (tertiary/aromatic N) is 3. The van der Waals surface area contributed by atoms with Crippen LogP contribution in [0.3, 0.4) is 0 Å². The highest BCUT2D eigenvalue weighted by Gasteiger charge is 2.21. The van der Waals surface area contributed by atoms with Gasteiger partial charge in [-0.05, 0) is 30.5 Å². The third kappa shape index (κ3) is 6.07. The summed E-state index contributed by atoms with van der Waals surface area (Å²) in [5.74, 6) is 2.47. The van der Waals surface area contributed by atoms with E-state index >= 15 is 0 Å². The summed E-state index contributed by atoms with van der Waals surface area (Å²) in [5.41, 5.74) is 1.52. The van der Waals surface area contributed by atoms with E-state index in [2.05, 4.69) is 27.6 Å². The van der Waals surface area contributed by atoms with Crippen LogP contribution in [-0.4, -0.2) is 60.5 Å². The van der Waals surface area contributed by atoms with Gasteiger partial charge >= 0.3 is 0 Å². The number of nitrogens with one attached hydrogen (secondary N) is 1. The summed E-state index contributed by atoms with van der Waals surface area (Å²) in [7, 11) is 4.55. The van der Waals surface area contributed by atoms with Gasteiger partial charge in [0.25, 0.3) is 5.91 Å². The molecule has 0 unspecified atom stereocenters. The summed E-state index contributed by atoms with van der Waals surface area (Å²) in [6.07, 6.45) is 2.41. The molecule has 1 atom stereocenters. The van der Waals surface area contributed by atoms with Crippen molar-refractivity contribution in [3.63, 3.8) is 0 Å². The van der Waals surface area contributed by atoms with Crippen molar-refractivity contribution in [2.75, 3.05) is 33.7 Å². The van der Waals surface area contributed by atoms with Gasteiger partial charge in [0.2, 0.25) is 5.75 Å². The third-order valence-electron chi connectivity index (χ3n) is 5.73.